The topological polar surface area (TPSA) is 64.5 Å². The summed E-state index contributed by atoms with van der Waals surface area (Å²) in [5.41, 5.74) is 3.66. The first-order valence-electron chi connectivity index (χ1n) is 10.2. The summed E-state index contributed by atoms with van der Waals surface area (Å²) in [6, 6.07) is 19.6. The van der Waals surface area contributed by atoms with Crippen molar-refractivity contribution in [2.24, 2.45) is 0 Å². The van der Waals surface area contributed by atoms with Crippen molar-refractivity contribution in [3.05, 3.63) is 66.2 Å². The first-order valence-corrected chi connectivity index (χ1v) is 10.2. The van der Waals surface area contributed by atoms with E-state index in [4.69, 9.17) is 9.47 Å². The van der Waals surface area contributed by atoms with Crippen LogP contribution in [0.3, 0.4) is 0 Å². The zero-order chi connectivity index (χ0) is 20.9. The smallest absolute Gasteiger partial charge is 0.342 e. The molecule has 0 spiro atoms. The van der Waals surface area contributed by atoms with Crippen LogP contribution >= 0.6 is 0 Å². The van der Waals surface area contributed by atoms with Crippen LogP contribution in [-0.4, -0.2) is 49.1 Å². The van der Waals surface area contributed by atoms with Gasteiger partial charge in [0.15, 0.2) is 5.82 Å². The van der Waals surface area contributed by atoms with Crippen molar-refractivity contribution in [3.63, 3.8) is 0 Å². The number of carbonyl (C=O) groups is 1. The number of esters is 1. The van der Waals surface area contributed by atoms with E-state index in [9.17, 15) is 4.79 Å². The second-order valence-electron chi connectivity index (χ2n) is 7.17. The molecule has 1 unspecified atom stereocenters. The Morgan fingerprint density at radius 3 is 2.30 bits per heavy atom. The molecule has 6 nitrogen and oxygen atoms in total. The summed E-state index contributed by atoms with van der Waals surface area (Å²) in [4.78, 5) is 15.3. The minimum absolute atomic E-state index is 0.107. The Morgan fingerprint density at radius 1 is 1.03 bits per heavy atom. The van der Waals surface area contributed by atoms with E-state index in [1.807, 2.05) is 67.6 Å². The van der Waals surface area contributed by atoms with Crippen molar-refractivity contribution in [2.75, 3.05) is 31.7 Å². The highest BCUT2D eigenvalue weighted by molar-refractivity contribution is 6.05. The first kappa shape index (κ1) is 20.0. The summed E-state index contributed by atoms with van der Waals surface area (Å²) in [6.45, 7) is 3.51. The highest BCUT2D eigenvalue weighted by Crippen LogP contribution is 2.38. The van der Waals surface area contributed by atoms with Crippen molar-refractivity contribution in [2.45, 2.75) is 19.4 Å². The van der Waals surface area contributed by atoms with Gasteiger partial charge < -0.3 is 14.4 Å². The molecule has 30 heavy (non-hydrogen) atoms. The van der Waals surface area contributed by atoms with E-state index in [1.54, 1.807) is 7.11 Å². The Labute approximate surface area is 176 Å². The Morgan fingerprint density at radius 2 is 1.70 bits per heavy atom. The van der Waals surface area contributed by atoms with E-state index >= 15 is 0 Å². The van der Waals surface area contributed by atoms with E-state index in [1.165, 1.54) is 0 Å². The minimum atomic E-state index is -0.390. The predicted molar refractivity (Wildman–Crippen MR) is 116 cm³/mol. The van der Waals surface area contributed by atoms with Gasteiger partial charge in [-0.1, -0.05) is 60.7 Å². The molecule has 1 aromatic heterocycles. The Bertz CT molecular complexity index is 1010. The number of methoxy groups -OCH3 is 1. The van der Waals surface area contributed by atoms with Gasteiger partial charge in [0.25, 0.3) is 0 Å². The minimum Gasteiger partial charge on any atom is -0.462 e. The van der Waals surface area contributed by atoms with Gasteiger partial charge in [-0.25, -0.2) is 4.79 Å². The molecule has 1 saturated heterocycles. The zero-order valence-corrected chi connectivity index (χ0v) is 17.2. The molecule has 154 valence electrons. The van der Waals surface area contributed by atoms with Gasteiger partial charge in [0, 0.05) is 31.3 Å². The Hall–Kier alpha value is -3.25. The molecule has 2 heterocycles. The van der Waals surface area contributed by atoms with Crippen LogP contribution in [0.1, 0.15) is 23.7 Å². The lowest BCUT2D eigenvalue weighted by atomic mass is 9.95. The fourth-order valence-corrected chi connectivity index (χ4v) is 3.84. The molecule has 0 N–H and O–H groups in total. The van der Waals surface area contributed by atoms with Crippen LogP contribution in [0.4, 0.5) is 5.82 Å². The quantitative estimate of drug-likeness (QED) is 0.575. The molecule has 1 aliphatic rings. The summed E-state index contributed by atoms with van der Waals surface area (Å²) in [7, 11) is 1.71. The molecule has 0 bridgehead atoms. The first-order chi connectivity index (χ1) is 14.7. The van der Waals surface area contributed by atoms with Crippen LogP contribution in [0, 0.1) is 0 Å². The molecule has 1 atom stereocenters. The monoisotopic (exact) mass is 403 g/mol. The second kappa shape index (κ2) is 9.05. The standard InChI is InChI=1S/C24H25N3O3/c1-3-30-24(28)21-20(17-10-6-4-7-11-17)22(18-12-8-5-9-13-18)25-26-23(21)27-15-14-19(16-27)29-2/h4-13,19H,3,14-16H2,1-2H3. The SMILES string of the molecule is CCOC(=O)c1c(N2CCC(OC)C2)nnc(-c2ccccc2)c1-c1ccccc1. The van der Waals surface area contributed by atoms with Crippen molar-refractivity contribution in [3.8, 4) is 22.4 Å². The summed E-state index contributed by atoms with van der Waals surface area (Å²) >= 11 is 0. The summed E-state index contributed by atoms with van der Waals surface area (Å²) in [5, 5.41) is 9.10. The lowest BCUT2D eigenvalue weighted by Gasteiger charge is -2.23. The largest absolute Gasteiger partial charge is 0.462 e. The number of hydrogen-bond acceptors (Lipinski definition) is 6. The van der Waals surface area contributed by atoms with Gasteiger partial charge in [-0.3, -0.25) is 0 Å². The van der Waals surface area contributed by atoms with Crippen molar-refractivity contribution >= 4 is 11.8 Å². The number of benzene rings is 2. The van der Waals surface area contributed by atoms with Crippen LogP contribution in [0.2, 0.25) is 0 Å². The highest BCUT2D eigenvalue weighted by atomic mass is 16.5. The van der Waals surface area contributed by atoms with Gasteiger partial charge in [0.2, 0.25) is 0 Å². The summed E-state index contributed by atoms with van der Waals surface area (Å²) < 4.78 is 11.0. The molecule has 0 aliphatic carbocycles. The average molecular weight is 403 g/mol. The van der Waals surface area contributed by atoms with Crippen molar-refractivity contribution < 1.29 is 14.3 Å². The molecule has 4 rings (SSSR count). The second-order valence-corrected chi connectivity index (χ2v) is 7.17. The number of rotatable bonds is 6. The number of aromatic nitrogens is 2. The van der Waals surface area contributed by atoms with Gasteiger partial charge in [-0.2, -0.15) is 0 Å². The molecule has 0 saturated carbocycles. The zero-order valence-electron chi connectivity index (χ0n) is 17.2. The maximum atomic E-state index is 13.2. The van der Waals surface area contributed by atoms with Crippen LogP contribution in [0.5, 0.6) is 0 Å². The van der Waals surface area contributed by atoms with Gasteiger partial charge >= 0.3 is 5.97 Å². The van der Waals surface area contributed by atoms with Gasteiger partial charge in [-0.05, 0) is 18.9 Å². The third-order valence-electron chi connectivity index (χ3n) is 5.32. The maximum Gasteiger partial charge on any atom is 0.342 e. The van der Waals surface area contributed by atoms with Crippen LogP contribution in [0.15, 0.2) is 60.7 Å². The van der Waals surface area contributed by atoms with E-state index in [-0.39, 0.29) is 18.7 Å². The number of carbonyl (C=O) groups excluding carboxylic acids is 1. The number of anilines is 1. The molecular formula is C24H25N3O3. The number of nitrogens with zero attached hydrogens (tertiary/aromatic N) is 3. The maximum absolute atomic E-state index is 13.2. The molecule has 3 aromatic rings. The molecular weight excluding hydrogens is 378 g/mol. The highest BCUT2D eigenvalue weighted by Gasteiger charge is 2.32. The lowest BCUT2D eigenvalue weighted by Crippen LogP contribution is -2.27. The normalized spacial score (nSPS) is 15.9. The van der Waals surface area contributed by atoms with Crippen molar-refractivity contribution in [1.29, 1.82) is 0 Å². The van der Waals surface area contributed by atoms with Crippen molar-refractivity contribution in [1.82, 2.24) is 10.2 Å². The molecule has 0 radical (unpaired) electrons. The molecule has 6 heteroatoms. The third-order valence-corrected chi connectivity index (χ3v) is 5.32. The molecule has 0 amide bonds. The number of hydrogen-bond donors (Lipinski definition) is 0. The summed E-state index contributed by atoms with van der Waals surface area (Å²) in [6.07, 6.45) is 0.984. The Kier molecular flexibility index (Phi) is 6.05. The lowest BCUT2D eigenvalue weighted by molar-refractivity contribution is 0.0527. The number of ether oxygens (including phenoxy) is 2. The Balaban J connectivity index is 1.96. The fourth-order valence-electron chi connectivity index (χ4n) is 3.84. The van der Waals surface area contributed by atoms with Crippen LogP contribution in [-0.2, 0) is 9.47 Å². The predicted octanol–water partition coefficient (Wildman–Crippen LogP) is 4.21. The fraction of sp³-hybridized carbons (Fsp3) is 0.292. The average Bonchev–Trinajstić information content (AvgIpc) is 3.28. The van der Waals surface area contributed by atoms with E-state index < -0.39 is 0 Å². The summed E-state index contributed by atoms with van der Waals surface area (Å²) in [5.74, 6) is 0.158. The molecule has 1 aliphatic heterocycles. The van der Waals surface area contributed by atoms with Crippen LogP contribution < -0.4 is 4.90 Å². The molecule has 2 aromatic carbocycles. The van der Waals surface area contributed by atoms with E-state index in [0.717, 1.165) is 29.7 Å². The van der Waals surface area contributed by atoms with Gasteiger partial charge in [0.1, 0.15) is 11.3 Å². The van der Waals surface area contributed by atoms with Gasteiger partial charge in [-0.15, -0.1) is 10.2 Å². The van der Waals surface area contributed by atoms with E-state index in [2.05, 4.69) is 15.1 Å². The molecule has 1 fully saturated rings. The van der Waals surface area contributed by atoms with Crippen LogP contribution in [0.25, 0.3) is 22.4 Å². The third kappa shape index (κ3) is 3.91. The van der Waals surface area contributed by atoms with Gasteiger partial charge in [0.05, 0.1) is 12.7 Å². The van der Waals surface area contributed by atoms with E-state index in [0.29, 0.717) is 23.6 Å².